The molecule has 2 aliphatic heterocycles. The molecule has 168 valence electrons. The highest BCUT2D eigenvalue weighted by molar-refractivity contribution is 14.0. The number of alkyl halides is 2. The minimum atomic E-state index is -2.28. The molecule has 10 heteroatoms. The van der Waals surface area contributed by atoms with Crippen molar-refractivity contribution in [2.75, 3.05) is 51.3 Å². The predicted octanol–water partition coefficient (Wildman–Crippen LogP) is 2.31. The van der Waals surface area contributed by atoms with Gasteiger partial charge in [-0.05, 0) is 31.4 Å². The largest absolute Gasteiger partial charge is 0.482 e. The zero-order chi connectivity index (χ0) is 20.6. The number of piperidine rings is 1. The van der Waals surface area contributed by atoms with Gasteiger partial charge in [-0.1, -0.05) is 12.1 Å². The molecule has 0 atom stereocenters. The third-order valence-electron chi connectivity index (χ3n) is 5.21. The smallest absolute Gasteiger partial charge is 0.265 e. The quantitative estimate of drug-likeness (QED) is 0.242. The maximum Gasteiger partial charge on any atom is 0.265 e. The average molecular weight is 537 g/mol. The lowest BCUT2D eigenvalue weighted by molar-refractivity contribution is -0.121. The van der Waals surface area contributed by atoms with Gasteiger partial charge in [0.25, 0.3) is 12.3 Å². The molecule has 0 saturated carbocycles. The molecule has 1 saturated heterocycles. The van der Waals surface area contributed by atoms with Crippen LogP contribution in [0.2, 0.25) is 0 Å². The van der Waals surface area contributed by atoms with Gasteiger partial charge in [0.2, 0.25) is 0 Å². The molecule has 7 nitrogen and oxygen atoms in total. The summed E-state index contributed by atoms with van der Waals surface area (Å²) < 4.78 is 30.4. The Hall–Kier alpha value is -1.69. The highest BCUT2D eigenvalue weighted by Crippen LogP contribution is 2.31. The monoisotopic (exact) mass is 537 g/mol. The summed E-state index contributed by atoms with van der Waals surface area (Å²) in [7, 11) is 1.71. The number of aliphatic imine (C=N–C) groups is 1. The van der Waals surface area contributed by atoms with Crippen molar-refractivity contribution >= 4 is 41.5 Å². The number of anilines is 1. The number of carbonyl (C=O) groups excluding carboxylic acids is 1. The normalized spacial score (nSPS) is 17.9. The Balaban J connectivity index is 0.00000320. The van der Waals surface area contributed by atoms with Crippen molar-refractivity contribution in [1.82, 2.24) is 15.5 Å². The summed E-state index contributed by atoms with van der Waals surface area (Å²) in [4.78, 5) is 20.0. The van der Waals surface area contributed by atoms with Gasteiger partial charge in [0.1, 0.15) is 5.75 Å². The van der Waals surface area contributed by atoms with E-state index in [0.717, 1.165) is 30.7 Å². The number of para-hydroxylation sites is 2. The molecule has 1 aromatic rings. The van der Waals surface area contributed by atoms with Crippen molar-refractivity contribution in [3.63, 3.8) is 0 Å². The number of nitrogens with zero attached hydrogens (tertiary/aromatic N) is 3. The van der Waals surface area contributed by atoms with E-state index >= 15 is 0 Å². The Morgan fingerprint density at radius 2 is 2.03 bits per heavy atom. The number of halogens is 3. The van der Waals surface area contributed by atoms with Crippen molar-refractivity contribution in [3.05, 3.63) is 24.3 Å². The number of likely N-dealkylation sites (tertiary alicyclic amines) is 1. The van der Waals surface area contributed by atoms with Gasteiger partial charge >= 0.3 is 0 Å². The van der Waals surface area contributed by atoms with E-state index in [4.69, 9.17) is 4.74 Å². The first-order valence-electron chi connectivity index (χ1n) is 10.1. The molecule has 0 spiro atoms. The highest BCUT2D eigenvalue weighted by atomic mass is 127. The fourth-order valence-corrected chi connectivity index (χ4v) is 3.69. The van der Waals surface area contributed by atoms with E-state index in [1.54, 1.807) is 16.8 Å². The van der Waals surface area contributed by atoms with Crippen LogP contribution in [0.1, 0.15) is 19.3 Å². The van der Waals surface area contributed by atoms with Crippen molar-refractivity contribution in [2.24, 2.45) is 4.99 Å². The summed E-state index contributed by atoms with van der Waals surface area (Å²) >= 11 is 0. The Bertz CT molecular complexity index is 714. The van der Waals surface area contributed by atoms with Crippen LogP contribution in [0.4, 0.5) is 14.5 Å². The average Bonchev–Trinajstić information content (AvgIpc) is 2.72. The molecule has 2 heterocycles. The first-order valence-corrected chi connectivity index (χ1v) is 10.1. The van der Waals surface area contributed by atoms with Gasteiger partial charge in [-0.15, -0.1) is 24.0 Å². The van der Waals surface area contributed by atoms with Crippen molar-refractivity contribution in [3.8, 4) is 5.75 Å². The number of ether oxygens (including phenoxy) is 1. The third-order valence-corrected chi connectivity index (χ3v) is 5.21. The zero-order valence-electron chi connectivity index (χ0n) is 17.2. The SMILES string of the molecule is CN=C(NCCCN1C(=O)COc2ccccc21)NC1CCN(CC(F)F)CC1.I. The lowest BCUT2D eigenvalue weighted by atomic mass is 10.1. The van der Waals surface area contributed by atoms with Gasteiger partial charge in [0.05, 0.1) is 12.2 Å². The summed E-state index contributed by atoms with van der Waals surface area (Å²) in [6.45, 7) is 2.50. The lowest BCUT2D eigenvalue weighted by Gasteiger charge is -2.33. The number of nitrogens with one attached hydrogen (secondary N) is 2. The van der Waals surface area contributed by atoms with Gasteiger partial charge in [0, 0.05) is 39.3 Å². The van der Waals surface area contributed by atoms with E-state index in [-0.39, 0.29) is 49.1 Å². The molecule has 30 heavy (non-hydrogen) atoms. The molecule has 1 amide bonds. The number of amides is 1. The minimum Gasteiger partial charge on any atom is -0.482 e. The maximum absolute atomic E-state index is 12.5. The Kier molecular flexibility index (Phi) is 10.0. The van der Waals surface area contributed by atoms with Crippen molar-refractivity contribution < 1.29 is 18.3 Å². The topological polar surface area (TPSA) is 69.2 Å². The number of carbonyl (C=O) groups is 1. The Morgan fingerprint density at radius 1 is 1.30 bits per heavy atom. The summed E-state index contributed by atoms with van der Waals surface area (Å²) in [5.74, 6) is 1.39. The van der Waals surface area contributed by atoms with Crippen LogP contribution in [0.3, 0.4) is 0 Å². The van der Waals surface area contributed by atoms with Crippen molar-refractivity contribution in [1.29, 1.82) is 0 Å². The summed E-state index contributed by atoms with van der Waals surface area (Å²) in [6, 6.07) is 7.77. The molecule has 1 aromatic carbocycles. The van der Waals surface area contributed by atoms with Crippen LogP contribution < -0.4 is 20.3 Å². The van der Waals surface area contributed by atoms with E-state index < -0.39 is 6.43 Å². The molecule has 3 rings (SSSR count). The van der Waals surface area contributed by atoms with Crippen LogP contribution in [0, 0.1) is 0 Å². The maximum atomic E-state index is 12.5. The van der Waals surface area contributed by atoms with E-state index in [1.807, 2.05) is 24.3 Å². The standard InChI is InChI=1S/C20H29F2N5O2.HI/c1-23-20(25-15-7-11-26(12-8-15)13-18(21)22)24-9-4-10-27-16-5-2-3-6-17(16)29-14-19(27)28;/h2-3,5-6,15,18H,4,7-14H2,1H3,(H2,23,24,25);1H. The number of rotatable bonds is 7. The van der Waals surface area contributed by atoms with Crippen LogP contribution >= 0.6 is 24.0 Å². The molecule has 2 aliphatic rings. The molecule has 0 aromatic heterocycles. The predicted molar refractivity (Wildman–Crippen MR) is 124 cm³/mol. The van der Waals surface area contributed by atoms with E-state index in [9.17, 15) is 13.6 Å². The minimum absolute atomic E-state index is 0. The second kappa shape index (κ2) is 12.2. The van der Waals surface area contributed by atoms with Crippen LogP contribution in [-0.4, -0.2) is 75.6 Å². The Morgan fingerprint density at radius 3 is 2.73 bits per heavy atom. The summed E-state index contributed by atoms with van der Waals surface area (Å²) in [6.07, 6.45) is 0.103. The van der Waals surface area contributed by atoms with Crippen LogP contribution in [0.5, 0.6) is 5.75 Å². The Labute approximate surface area is 193 Å². The van der Waals surface area contributed by atoms with Crippen molar-refractivity contribution in [2.45, 2.75) is 31.7 Å². The number of benzene rings is 1. The van der Waals surface area contributed by atoms with E-state index in [0.29, 0.717) is 32.1 Å². The fourth-order valence-electron chi connectivity index (χ4n) is 3.69. The summed E-state index contributed by atoms with van der Waals surface area (Å²) in [5, 5.41) is 6.64. The molecular formula is C20H30F2IN5O2. The van der Waals surface area contributed by atoms with Gasteiger partial charge in [-0.2, -0.15) is 0 Å². The number of hydrogen-bond donors (Lipinski definition) is 2. The molecule has 1 fully saturated rings. The molecular weight excluding hydrogens is 507 g/mol. The second-order valence-corrected chi connectivity index (χ2v) is 7.26. The van der Waals surface area contributed by atoms with Crippen LogP contribution in [0.25, 0.3) is 0 Å². The molecule has 2 N–H and O–H groups in total. The molecule has 0 radical (unpaired) electrons. The zero-order valence-corrected chi connectivity index (χ0v) is 19.5. The fraction of sp³-hybridized carbons (Fsp3) is 0.600. The number of fused-ring (bicyclic) bond motifs is 1. The van der Waals surface area contributed by atoms with Gasteiger partial charge in [-0.25, -0.2) is 8.78 Å². The van der Waals surface area contributed by atoms with Crippen LogP contribution in [-0.2, 0) is 4.79 Å². The second-order valence-electron chi connectivity index (χ2n) is 7.26. The first kappa shape index (κ1) is 24.6. The molecule has 0 unspecified atom stereocenters. The van der Waals surface area contributed by atoms with E-state index in [2.05, 4.69) is 15.6 Å². The van der Waals surface area contributed by atoms with Crippen LogP contribution in [0.15, 0.2) is 29.3 Å². The molecule has 0 bridgehead atoms. The third kappa shape index (κ3) is 6.93. The first-order chi connectivity index (χ1) is 14.1. The highest BCUT2D eigenvalue weighted by Gasteiger charge is 2.25. The number of hydrogen-bond acceptors (Lipinski definition) is 4. The number of guanidine groups is 1. The lowest BCUT2D eigenvalue weighted by Crippen LogP contribution is -2.49. The van der Waals surface area contributed by atoms with Gasteiger partial charge in [-0.3, -0.25) is 14.7 Å². The van der Waals surface area contributed by atoms with Gasteiger partial charge < -0.3 is 20.3 Å². The molecule has 0 aliphatic carbocycles. The van der Waals surface area contributed by atoms with Gasteiger partial charge in [0.15, 0.2) is 12.6 Å². The summed E-state index contributed by atoms with van der Waals surface area (Å²) in [5.41, 5.74) is 0.807. The van der Waals surface area contributed by atoms with E-state index in [1.165, 1.54) is 0 Å².